The molecule has 1 aromatic rings. The molecule has 10 heteroatoms. The van der Waals surface area contributed by atoms with Crippen LogP contribution in [0.4, 0.5) is 10.1 Å². The third-order valence-electron chi connectivity index (χ3n) is 2.56. The van der Waals surface area contributed by atoms with Gasteiger partial charge in [0.25, 0.3) is 5.69 Å². The second-order valence-corrected chi connectivity index (χ2v) is 5.08. The van der Waals surface area contributed by atoms with E-state index in [0.717, 1.165) is 6.07 Å². The molecule has 0 unspecified atom stereocenters. The number of hydrogen-bond acceptors (Lipinski definition) is 6. The van der Waals surface area contributed by atoms with Crippen molar-refractivity contribution >= 4 is 39.3 Å². The predicted octanol–water partition coefficient (Wildman–Crippen LogP) is 2.09. The predicted molar refractivity (Wildman–Crippen MR) is 82.3 cm³/mol. The Hall–Kier alpha value is -2.36. The molecule has 0 aromatic heterocycles. The molecule has 0 spiro atoms. The third-order valence-corrected chi connectivity index (χ3v) is 3.17. The van der Waals surface area contributed by atoms with Gasteiger partial charge in [-0.15, -0.1) is 0 Å². The van der Waals surface area contributed by atoms with Crippen LogP contribution in [0.3, 0.4) is 0 Å². The molecule has 1 aromatic carbocycles. The summed E-state index contributed by atoms with van der Waals surface area (Å²) in [5.41, 5.74) is -0.285. The number of esters is 1. The van der Waals surface area contributed by atoms with Crippen LogP contribution in [-0.4, -0.2) is 29.2 Å². The zero-order valence-corrected chi connectivity index (χ0v) is 13.8. The number of benzene rings is 1. The van der Waals surface area contributed by atoms with Crippen molar-refractivity contribution in [1.29, 1.82) is 0 Å². The fraction of sp³-hybridized carbons (Fsp3) is 0.308. The van der Waals surface area contributed by atoms with E-state index in [9.17, 15) is 24.1 Å². The van der Waals surface area contributed by atoms with Gasteiger partial charge in [0.05, 0.1) is 34.2 Å². The summed E-state index contributed by atoms with van der Waals surface area (Å²) in [4.78, 5) is 36.7. The molecule has 23 heavy (non-hydrogen) atoms. The molecule has 0 atom stereocenters. The molecule has 0 saturated carbocycles. The van der Waals surface area contributed by atoms with Crippen molar-refractivity contribution in [2.45, 2.75) is 20.4 Å². The summed E-state index contributed by atoms with van der Waals surface area (Å²) < 4.78 is 17.9. The summed E-state index contributed by atoms with van der Waals surface area (Å²) in [5.74, 6) is -2.75. The molecule has 0 fully saturated rings. The van der Waals surface area contributed by atoms with Gasteiger partial charge < -0.3 is 10.1 Å². The monoisotopic (exact) mass is 389 g/mol. The summed E-state index contributed by atoms with van der Waals surface area (Å²) in [6.07, 6.45) is 0. The Labute approximate surface area is 139 Å². The molecular weight excluding hydrogens is 377 g/mol. The second kappa shape index (κ2) is 8.32. The molecule has 124 valence electrons. The summed E-state index contributed by atoms with van der Waals surface area (Å²) in [5, 5.41) is 13.1. The molecule has 0 bridgehead atoms. The van der Waals surface area contributed by atoms with E-state index in [1.165, 1.54) is 13.0 Å². The lowest BCUT2D eigenvalue weighted by Gasteiger charge is -2.05. The van der Waals surface area contributed by atoms with E-state index in [1.807, 2.05) is 0 Å². The number of hydrogen-bond donors (Lipinski definition) is 1. The standard InChI is InChI=1S/C13H13BrFN3O5/c1-3-23-13(20)12(19)17-7(2)16-6-8-4-9(14)10(15)5-11(8)18(21)22/h4-5H,3,6H2,1-2H3,(H,16,17,19). The molecule has 1 rings (SSSR count). The van der Waals surface area contributed by atoms with Crippen LogP contribution in [0.1, 0.15) is 19.4 Å². The summed E-state index contributed by atoms with van der Waals surface area (Å²) in [6, 6.07) is 2.01. The second-order valence-electron chi connectivity index (χ2n) is 4.23. The zero-order chi connectivity index (χ0) is 17.6. The van der Waals surface area contributed by atoms with Gasteiger partial charge in [-0.2, -0.15) is 0 Å². The minimum absolute atomic E-state index is 0.0538. The normalized spacial score (nSPS) is 11.0. The number of carbonyl (C=O) groups is 2. The van der Waals surface area contributed by atoms with Crippen LogP contribution >= 0.6 is 15.9 Å². The Kier molecular flexibility index (Phi) is 6.76. The SMILES string of the molecule is CCOC(=O)C(=O)NC(C)=NCc1cc(Br)c(F)cc1[N+](=O)[O-]. The van der Waals surface area contributed by atoms with Crippen molar-refractivity contribution in [2.75, 3.05) is 6.61 Å². The Balaban J connectivity index is 2.88. The highest BCUT2D eigenvalue weighted by molar-refractivity contribution is 9.10. The van der Waals surface area contributed by atoms with Crippen molar-refractivity contribution < 1.29 is 23.6 Å². The number of nitro benzene ring substituents is 1. The Morgan fingerprint density at radius 3 is 2.70 bits per heavy atom. The number of halogens is 2. The van der Waals surface area contributed by atoms with Crippen LogP contribution in [0.5, 0.6) is 0 Å². The van der Waals surface area contributed by atoms with Crippen LogP contribution in [0.15, 0.2) is 21.6 Å². The number of ether oxygens (including phenoxy) is 1. The summed E-state index contributed by atoms with van der Waals surface area (Å²) >= 11 is 2.94. The lowest BCUT2D eigenvalue weighted by atomic mass is 10.2. The number of rotatable bonds is 4. The highest BCUT2D eigenvalue weighted by Crippen LogP contribution is 2.26. The Morgan fingerprint density at radius 2 is 2.13 bits per heavy atom. The molecule has 1 N–H and O–H groups in total. The van der Waals surface area contributed by atoms with Crippen molar-refractivity contribution in [3.8, 4) is 0 Å². The van der Waals surface area contributed by atoms with Crippen molar-refractivity contribution in [3.05, 3.63) is 38.1 Å². The first-order valence-corrected chi connectivity index (χ1v) is 7.17. The lowest BCUT2D eigenvalue weighted by molar-refractivity contribution is -0.385. The first-order valence-electron chi connectivity index (χ1n) is 6.37. The van der Waals surface area contributed by atoms with Gasteiger partial charge in [0.1, 0.15) is 11.7 Å². The van der Waals surface area contributed by atoms with Crippen LogP contribution in [0, 0.1) is 15.9 Å². The molecule has 0 saturated heterocycles. The van der Waals surface area contributed by atoms with Crippen LogP contribution < -0.4 is 5.32 Å². The minimum Gasteiger partial charge on any atom is -0.459 e. The number of amides is 1. The Morgan fingerprint density at radius 1 is 1.48 bits per heavy atom. The molecular formula is C13H13BrFN3O5. The fourth-order valence-electron chi connectivity index (χ4n) is 1.53. The molecule has 0 aliphatic rings. The van der Waals surface area contributed by atoms with Gasteiger partial charge in [-0.05, 0) is 35.8 Å². The number of nitrogens with one attached hydrogen (secondary N) is 1. The van der Waals surface area contributed by atoms with E-state index in [4.69, 9.17) is 0 Å². The van der Waals surface area contributed by atoms with Crippen molar-refractivity contribution in [3.63, 3.8) is 0 Å². The van der Waals surface area contributed by atoms with Crippen LogP contribution in [0.2, 0.25) is 0 Å². The van der Waals surface area contributed by atoms with E-state index in [-0.39, 0.29) is 29.0 Å². The number of nitrogens with zero attached hydrogens (tertiary/aromatic N) is 2. The largest absolute Gasteiger partial charge is 0.459 e. The average molecular weight is 390 g/mol. The van der Waals surface area contributed by atoms with Crippen LogP contribution in [-0.2, 0) is 20.9 Å². The van der Waals surface area contributed by atoms with Gasteiger partial charge in [-0.3, -0.25) is 19.9 Å². The van der Waals surface area contributed by atoms with Gasteiger partial charge in [0, 0.05) is 0 Å². The minimum atomic E-state index is -1.06. The van der Waals surface area contributed by atoms with E-state index in [2.05, 4.69) is 31.0 Å². The highest BCUT2D eigenvalue weighted by atomic mass is 79.9. The van der Waals surface area contributed by atoms with Crippen molar-refractivity contribution in [2.24, 2.45) is 4.99 Å². The number of aliphatic imine (C=N–C) groups is 1. The molecule has 0 radical (unpaired) electrons. The van der Waals surface area contributed by atoms with E-state index in [0.29, 0.717) is 0 Å². The molecule has 1 amide bonds. The molecule has 0 heterocycles. The first kappa shape index (κ1) is 18.7. The quantitative estimate of drug-likeness (QED) is 0.211. The average Bonchev–Trinajstić information content (AvgIpc) is 2.47. The molecule has 0 aliphatic heterocycles. The topological polar surface area (TPSA) is 111 Å². The number of carbonyl (C=O) groups excluding carboxylic acids is 2. The third kappa shape index (κ3) is 5.40. The zero-order valence-electron chi connectivity index (χ0n) is 12.3. The molecule has 8 nitrogen and oxygen atoms in total. The van der Waals surface area contributed by atoms with Gasteiger partial charge in [-0.1, -0.05) is 0 Å². The van der Waals surface area contributed by atoms with E-state index in [1.54, 1.807) is 6.92 Å². The smallest absolute Gasteiger partial charge is 0.397 e. The lowest BCUT2D eigenvalue weighted by Crippen LogP contribution is -2.35. The summed E-state index contributed by atoms with van der Waals surface area (Å²) in [7, 11) is 0. The van der Waals surface area contributed by atoms with Crippen LogP contribution in [0.25, 0.3) is 0 Å². The maximum atomic E-state index is 13.4. The Bertz CT molecular complexity index is 678. The van der Waals surface area contributed by atoms with E-state index >= 15 is 0 Å². The van der Waals surface area contributed by atoms with Gasteiger partial charge >= 0.3 is 11.9 Å². The van der Waals surface area contributed by atoms with E-state index < -0.39 is 28.3 Å². The number of amidine groups is 1. The fourth-order valence-corrected chi connectivity index (χ4v) is 1.92. The van der Waals surface area contributed by atoms with Gasteiger partial charge in [0.2, 0.25) is 0 Å². The summed E-state index contributed by atoms with van der Waals surface area (Å²) in [6.45, 7) is 2.83. The molecule has 0 aliphatic carbocycles. The maximum Gasteiger partial charge on any atom is 0.397 e. The maximum absolute atomic E-state index is 13.4. The van der Waals surface area contributed by atoms with Gasteiger partial charge in [0.15, 0.2) is 0 Å². The first-order chi connectivity index (χ1) is 10.8. The van der Waals surface area contributed by atoms with Crippen molar-refractivity contribution in [1.82, 2.24) is 5.32 Å². The van der Waals surface area contributed by atoms with Gasteiger partial charge in [-0.25, -0.2) is 9.18 Å². The number of nitro groups is 1. The highest BCUT2D eigenvalue weighted by Gasteiger charge is 2.18.